The highest BCUT2D eigenvalue weighted by atomic mass is 16.6. The molecule has 0 atom stereocenters. The molecule has 2 aromatic heterocycles. The molecule has 12 heteroatoms. The molecule has 0 fully saturated rings. The van der Waals surface area contributed by atoms with Crippen LogP contribution in [0.3, 0.4) is 0 Å². The first kappa shape index (κ1) is 24.7. The zero-order chi connectivity index (χ0) is 28.0. The van der Waals surface area contributed by atoms with Crippen LogP contribution in [0.25, 0.3) is 27.7 Å². The fourth-order valence-corrected chi connectivity index (χ4v) is 4.81. The van der Waals surface area contributed by atoms with Crippen LogP contribution in [0, 0.1) is 10.1 Å². The lowest BCUT2D eigenvalue weighted by molar-refractivity contribution is -0.384. The first-order valence-corrected chi connectivity index (χ1v) is 12.1. The molecule has 198 valence electrons. The third-order valence-electron chi connectivity index (χ3n) is 6.65. The zero-order valence-corrected chi connectivity index (χ0v) is 20.9. The number of methoxy groups -OCH3 is 1. The van der Waals surface area contributed by atoms with Crippen LogP contribution in [0.15, 0.2) is 77.7 Å². The van der Waals surface area contributed by atoms with Gasteiger partial charge in [0.2, 0.25) is 0 Å². The second-order valence-corrected chi connectivity index (χ2v) is 8.99. The Bertz CT molecular complexity index is 1920. The van der Waals surface area contributed by atoms with E-state index < -0.39 is 23.0 Å². The summed E-state index contributed by atoms with van der Waals surface area (Å²) < 4.78 is 13.3. The largest absolute Gasteiger partial charge is 0.497 e. The van der Waals surface area contributed by atoms with E-state index in [1.54, 1.807) is 48.5 Å². The van der Waals surface area contributed by atoms with Gasteiger partial charge in [0.05, 0.1) is 35.2 Å². The number of pyridine rings is 1. The van der Waals surface area contributed by atoms with Crippen molar-refractivity contribution < 1.29 is 24.0 Å². The molecule has 0 amide bonds. The number of hydrogen-bond donors (Lipinski definition) is 0. The normalized spacial score (nSPS) is 11.8. The second kappa shape index (κ2) is 9.58. The third-order valence-corrected chi connectivity index (χ3v) is 6.65. The average Bonchev–Trinajstić information content (AvgIpc) is 3.57. The number of non-ortho nitro benzene ring substituents is 1. The van der Waals surface area contributed by atoms with Crippen LogP contribution in [0.4, 0.5) is 5.69 Å². The molecule has 0 spiro atoms. The van der Waals surface area contributed by atoms with Gasteiger partial charge in [0.15, 0.2) is 5.78 Å². The van der Waals surface area contributed by atoms with Gasteiger partial charge in [-0.1, -0.05) is 29.5 Å². The van der Waals surface area contributed by atoms with E-state index in [1.165, 1.54) is 40.8 Å². The highest BCUT2D eigenvalue weighted by Gasteiger charge is 2.33. The monoisotopic (exact) mass is 537 g/mol. The minimum atomic E-state index is -0.728. The van der Waals surface area contributed by atoms with Crippen molar-refractivity contribution in [2.75, 3.05) is 7.11 Å². The summed E-state index contributed by atoms with van der Waals surface area (Å²) in [7, 11) is 1.50. The molecule has 0 saturated heterocycles. The molecule has 1 aliphatic rings. The number of carbonyl (C=O) groups is 2. The summed E-state index contributed by atoms with van der Waals surface area (Å²) in [6.07, 6.45) is 1.48. The van der Waals surface area contributed by atoms with Crippen LogP contribution >= 0.6 is 0 Å². The van der Waals surface area contributed by atoms with Gasteiger partial charge in [0.25, 0.3) is 11.2 Å². The van der Waals surface area contributed by atoms with Gasteiger partial charge in [-0.25, -0.2) is 4.68 Å². The van der Waals surface area contributed by atoms with Crippen molar-refractivity contribution in [3.8, 4) is 22.7 Å². The summed E-state index contributed by atoms with van der Waals surface area (Å²) in [5.41, 5.74) is 1.74. The predicted molar refractivity (Wildman–Crippen MR) is 141 cm³/mol. The standard InChI is InChI=1S/C28H19N5O7/c1-39-19-9-10-21-23(12-19)26-25(27(21)35)20-7-2-3-8-22(20)28(36)31(26)14-24(34)40-15-16-13-32(30-29-16)17-5-4-6-18(11-17)33(37)38/h2-13H,14-15H2,1H3. The van der Waals surface area contributed by atoms with Crippen molar-refractivity contribution >= 4 is 28.2 Å². The molecule has 2 heterocycles. The lowest BCUT2D eigenvalue weighted by atomic mass is 10.0. The first-order valence-electron chi connectivity index (χ1n) is 12.1. The summed E-state index contributed by atoms with van der Waals surface area (Å²) in [4.78, 5) is 50.5. The Kier molecular flexibility index (Phi) is 5.91. The van der Waals surface area contributed by atoms with Crippen LogP contribution in [0.2, 0.25) is 0 Å². The van der Waals surface area contributed by atoms with E-state index >= 15 is 0 Å². The summed E-state index contributed by atoms with van der Waals surface area (Å²) in [6.45, 7) is -0.698. The number of ketones is 1. The van der Waals surface area contributed by atoms with Crippen molar-refractivity contribution in [3.63, 3.8) is 0 Å². The van der Waals surface area contributed by atoms with Crippen molar-refractivity contribution in [2.45, 2.75) is 13.2 Å². The molecule has 6 rings (SSSR count). The highest BCUT2D eigenvalue weighted by molar-refractivity contribution is 6.26. The Hall–Kier alpha value is -5.65. The quantitative estimate of drug-likeness (QED) is 0.170. The molecule has 0 unspecified atom stereocenters. The van der Waals surface area contributed by atoms with Crippen molar-refractivity contribution in [1.29, 1.82) is 0 Å². The van der Waals surface area contributed by atoms with Gasteiger partial charge in [-0.2, -0.15) is 0 Å². The molecule has 0 bridgehead atoms. The van der Waals surface area contributed by atoms with E-state index in [4.69, 9.17) is 9.47 Å². The van der Waals surface area contributed by atoms with Crippen LogP contribution < -0.4 is 10.3 Å². The minimum absolute atomic E-state index is 0.105. The van der Waals surface area contributed by atoms with Crippen molar-refractivity contribution in [3.05, 3.63) is 110 Å². The molecular weight excluding hydrogens is 518 g/mol. The Balaban J connectivity index is 1.30. The molecular formula is C28H19N5O7. The number of nitro benzene ring substituents is 1. The van der Waals surface area contributed by atoms with Gasteiger partial charge >= 0.3 is 5.97 Å². The number of hydrogen-bond acceptors (Lipinski definition) is 9. The van der Waals surface area contributed by atoms with E-state index in [0.29, 0.717) is 50.3 Å². The number of nitrogens with zero attached hydrogens (tertiary/aromatic N) is 5. The third kappa shape index (κ3) is 4.07. The summed E-state index contributed by atoms with van der Waals surface area (Å²) in [6, 6.07) is 17.6. The number of benzene rings is 3. The van der Waals surface area contributed by atoms with Gasteiger partial charge in [0.1, 0.15) is 24.6 Å². The Labute approximate surface area is 225 Å². The second-order valence-electron chi connectivity index (χ2n) is 8.99. The van der Waals surface area contributed by atoms with Gasteiger partial charge in [-0.3, -0.25) is 29.1 Å². The number of rotatable bonds is 7. The minimum Gasteiger partial charge on any atom is -0.497 e. The number of esters is 1. The number of aromatic nitrogens is 4. The summed E-state index contributed by atoms with van der Waals surface area (Å²) in [5, 5.41) is 19.8. The van der Waals surface area contributed by atoms with E-state index in [-0.39, 0.29) is 18.1 Å². The number of nitro groups is 1. The first-order chi connectivity index (χ1) is 19.4. The maximum absolute atomic E-state index is 13.5. The molecule has 0 N–H and O–H groups in total. The Morgan fingerprint density at radius 3 is 2.58 bits per heavy atom. The van der Waals surface area contributed by atoms with Crippen LogP contribution in [0.1, 0.15) is 21.6 Å². The summed E-state index contributed by atoms with van der Waals surface area (Å²) in [5.74, 6) is -0.474. The molecule has 40 heavy (non-hydrogen) atoms. The molecule has 1 aliphatic carbocycles. The average molecular weight is 537 g/mol. The van der Waals surface area contributed by atoms with Crippen LogP contribution in [0.5, 0.6) is 5.75 Å². The predicted octanol–water partition coefficient (Wildman–Crippen LogP) is 3.45. The Morgan fingerprint density at radius 1 is 1.00 bits per heavy atom. The summed E-state index contributed by atoms with van der Waals surface area (Å²) >= 11 is 0. The molecule has 0 aliphatic heterocycles. The van der Waals surface area contributed by atoms with Crippen LogP contribution in [-0.2, 0) is 22.7 Å². The Morgan fingerprint density at radius 2 is 1.80 bits per heavy atom. The SMILES string of the molecule is COc1ccc2c(c1)-c1c(c3ccccc3c(=O)n1CC(=O)OCc1cn(-c3cccc([N+](=O)[O-])c3)nn1)C2=O. The fourth-order valence-electron chi connectivity index (χ4n) is 4.81. The van der Waals surface area contributed by atoms with Gasteiger partial charge in [-0.15, -0.1) is 5.10 Å². The smallest absolute Gasteiger partial charge is 0.326 e. The number of ether oxygens (including phenoxy) is 2. The van der Waals surface area contributed by atoms with E-state index in [2.05, 4.69) is 10.3 Å². The molecule has 5 aromatic rings. The van der Waals surface area contributed by atoms with Gasteiger partial charge < -0.3 is 9.47 Å². The maximum Gasteiger partial charge on any atom is 0.326 e. The maximum atomic E-state index is 13.5. The van der Waals surface area contributed by atoms with E-state index in [9.17, 15) is 24.5 Å². The van der Waals surface area contributed by atoms with Gasteiger partial charge in [-0.05, 0) is 30.3 Å². The van der Waals surface area contributed by atoms with Crippen LogP contribution in [-0.4, -0.2) is 43.3 Å². The number of fused-ring (bicyclic) bond motifs is 5. The molecule has 0 radical (unpaired) electrons. The van der Waals surface area contributed by atoms with E-state index in [1.807, 2.05) is 0 Å². The highest BCUT2D eigenvalue weighted by Crippen LogP contribution is 2.40. The molecule has 3 aromatic carbocycles. The lowest BCUT2D eigenvalue weighted by Crippen LogP contribution is -2.27. The van der Waals surface area contributed by atoms with Crippen molar-refractivity contribution in [1.82, 2.24) is 19.6 Å². The van der Waals surface area contributed by atoms with Gasteiger partial charge in [0, 0.05) is 34.0 Å². The zero-order valence-electron chi connectivity index (χ0n) is 20.9. The van der Waals surface area contributed by atoms with E-state index in [0.717, 1.165) is 0 Å². The molecule has 12 nitrogen and oxygen atoms in total. The van der Waals surface area contributed by atoms with Crippen molar-refractivity contribution in [2.24, 2.45) is 0 Å². The fraction of sp³-hybridized carbons (Fsp3) is 0.107. The topological polar surface area (TPSA) is 148 Å². The number of carbonyl (C=O) groups excluding carboxylic acids is 2. The lowest BCUT2D eigenvalue weighted by Gasteiger charge is -2.14. The molecule has 0 saturated carbocycles.